The molecule has 0 bridgehead atoms. The van der Waals surface area contributed by atoms with E-state index >= 15 is 0 Å². The maximum Gasteiger partial charge on any atom is 0.242 e. The van der Waals surface area contributed by atoms with E-state index in [0.29, 0.717) is 25.0 Å². The molecule has 0 amide bonds. The fourth-order valence-corrected chi connectivity index (χ4v) is 1.00. The lowest BCUT2D eigenvalue weighted by atomic mass is 10.5. The first-order chi connectivity index (χ1) is 6.83. The van der Waals surface area contributed by atoms with Gasteiger partial charge in [0.2, 0.25) is 11.8 Å². The summed E-state index contributed by atoms with van der Waals surface area (Å²) in [6.45, 7) is 6.86. The van der Waals surface area contributed by atoms with Gasteiger partial charge in [-0.1, -0.05) is 6.92 Å². The molecule has 0 aliphatic carbocycles. The van der Waals surface area contributed by atoms with Gasteiger partial charge in [-0.2, -0.15) is 0 Å². The summed E-state index contributed by atoms with van der Waals surface area (Å²) < 4.78 is 10.5. The Morgan fingerprint density at radius 3 is 2.86 bits per heavy atom. The minimum absolute atomic E-state index is 0.397. The zero-order valence-corrected chi connectivity index (χ0v) is 8.75. The highest BCUT2D eigenvalue weighted by atomic mass is 16.5. The van der Waals surface area contributed by atoms with Crippen molar-refractivity contribution in [1.29, 1.82) is 0 Å². The average molecular weight is 199 g/mol. The third-order valence-electron chi connectivity index (χ3n) is 1.64. The number of nitrogens with one attached hydrogen (secondary N) is 1. The van der Waals surface area contributed by atoms with Gasteiger partial charge in [0.1, 0.15) is 6.61 Å². The summed E-state index contributed by atoms with van der Waals surface area (Å²) in [5, 5.41) is 10.8. The highest BCUT2D eigenvalue weighted by Gasteiger charge is 2.00. The molecule has 80 valence electrons. The lowest BCUT2D eigenvalue weighted by molar-refractivity contribution is 0.104. The summed E-state index contributed by atoms with van der Waals surface area (Å²) in [4.78, 5) is 0. The Morgan fingerprint density at radius 1 is 1.36 bits per heavy atom. The molecule has 1 aromatic heterocycles. The summed E-state index contributed by atoms with van der Waals surface area (Å²) in [5.41, 5.74) is 0. The quantitative estimate of drug-likeness (QED) is 0.661. The second kappa shape index (κ2) is 6.50. The van der Waals surface area contributed by atoms with Crippen molar-refractivity contribution in [2.75, 3.05) is 19.7 Å². The smallest absolute Gasteiger partial charge is 0.242 e. The van der Waals surface area contributed by atoms with E-state index in [0.717, 1.165) is 19.5 Å². The van der Waals surface area contributed by atoms with Crippen LogP contribution >= 0.6 is 0 Å². The van der Waals surface area contributed by atoms with Crippen LogP contribution in [0.2, 0.25) is 0 Å². The third-order valence-corrected chi connectivity index (χ3v) is 1.64. The fraction of sp³-hybridized carbons (Fsp3) is 0.778. The van der Waals surface area contributed by atoms with E-state index in [1.165, 1.54) is 0 Å². The van der Waals surface area contributed by atoms with Crippen molar-refractivity contribution in [3.05, 3.63) is 11.8 Å². The predicted molar refractivity (Wildman–Crippen MR) is 51.9 cm³/mol. The molecule has 1 heterocycles. The maximum atomic E-state index is 5.32. The van der Waals surface area contributed by atoms with Crippen molar-refractivity contribution in [2.45, 2.75) is 26.9 Å². The summed E-state index contributed by atoms with van der Waals surface area (Å²) >= 11 is 0. The minimum atomic E-state index is 0.397. The SMILES string of the molecule is CCCNCCOCc1nnc(C)o1. The first-order valence-electron chi connectivity index (χ1n) is 4.90. The molecule has 0 aliphatic heterocycles. The molecule has 1 N–H and O–H groups in total. The topological polar surface area (TPSA) is 60.2 Å². The van der Waals surface area contributed by atoms with Crippen molar-refractivity contribution < 1.29 is 9.15 Å². The average Bonchev–Trinajstić information content (AvgIpc) is 2.58. The van der Waals surface area contributed by atoms with Crippen LogP contribution in [0.4, 0.5) is 0 Å². The van der Waals surface area contributed by atoms with Gasteiger partial charge < -0.3 is 14.5 Å². The molecule has 0 saturated heterocycles. The van der Waals surface area contributed by atoms with E-state index < -0.39 is 0 Å². The molecule has 0 saturated carbocycles. The Morgan fingerprint density at radius 2 is 2.21 bits per heavy atom. The van der Waals surface area contributed by atoms with E-state index in [1.54, 1.807) is 6.92 Å². The van der Waals surface area contributed by atoms with Gasteiger partial charge in [-0.15, -0.1) is 10.2 Å². The molecular formula is C9H17N3O2. The van der Waals surface area contributed by atoms with E-state index in [2.05, 4.69) is 22.4 Å². The van der Waals surface area contributed by atoms with Crippen LogP contribution in [0, 0.1) is 6.92 Å². The van der Waals surface area contributed by atoms with Crippen molar-refractivity contribution >= 4 is 0 Å². The van der Waals surface area contributed by atoms with Crippen molar-refractivity contribution in [3.63, 3.8) is 0 Å². The summed E-state index contributed by atoms with van der Waals surface area (Å²) in [6, 6.07) is 0. The van der Waals surface area contributed by atoms with Crippen molar-refractivity contribution in [1.82, 2.24) is 15.5 Å². The van der Waals surface area contributed by atoms with Crippen LogP contribution in [0.15, 0.2) is 4.42 Å². The monoisotopic (exact) mass is 199 g/mol. The number of ether oxygens (including phenoxy) is 1. The number of hydrogen-bond acceptors (Lipinski definition) is 5. The Balaban J connectivity index is 1.99. The largest absolute Gasteiger partial charge is 0.423 e. The molecule has 1 rings (SSSR count). The lowest BCUT2D eigenvalue weighted by Gasteiger charge is -2.02. The third kappa shape index (κ3) is 4.34. The van der Waals surface area contributed by atoms with Crippen LogP contribution < -0.4 is 5.32 Å². The number of nitrogens with zero attached hydrogens (tertiary/aromatic N) is 2. The van der Waals surface area contributed by atoms with Crippen LogP contribution in [-0.4, -0.2) is 29.9 Å². The molecule has 0 unspecified atom stereocenters. The normalized spacial score (nSPS) is 10.7. The zero-order valence-electron chi connectivity index (χ0n) is 8.75. The van der Waals surface area contributed by atoms with Gasteiger partial charge in [0.25, 0.3) is 0 Å². The number of aromatic nitrogens is 2. The van der Waals surface area contributed by atoms with E-state index in [4.69, 9.17) is 9.15 Å². The number of hydrogen-bond donors (Lipinski definition) is 1. The Hall–Kier alpha value is -0.940. The molecule has 14 heavy (non-hydrogen) atoms. The van der Waals surface area contributed by atoms with Crippen LogP contribution in [0.1, 0.15) is 25.1 Å². The van der Waals surface area contributed by atoms with Crippen molar-refractivity contribution in [2.24, 2.45) is 0 Å². The second-order valence-corrected chi connectivity index (χ2v) is 3.02. The lowest BCUT2D eigenvalue weighted by Crippen LogP contribution is -2.20. The van der Waals surface area contributed by atoms with Crippen LogP contribution in [0.5, 0.6) is 0 Å². The van der Waals surface area contributed by atoms with Gasteiger partial charge in [0, 0.05) is 13.5 Å². The van der Waals surface area contributed by atoms with Gasteiger partial charge in [-0.3, -0.25) is 0 Å². The predicted octanol–water partition coefficient (Wildman–Crippen LogP) is 0.894. The number of aryl methyl sites for hydroxylation is 1. The number of rotatable bonds is 7. The van der Waals surface area contributed by atoms with Crippen LogP contribution in [0.25, 0.3) is 0 Å². The fourth-order valence-electron chi connectivity index (χ4n) is 1.00. The molecule has 0 radical (unpaired) electrons. The highest BCUT2D eigenvalue weighted by Crippen LogP contribution is 1.98. The minimum Gasteiger partial charge on any atom is -0.423 e. The molecule has 5 nitrogen and oxygen atoms in total. The molecular weight excluding hydrogens is 182 g/mol. The van der Waals surface area contributed by atoms with Crippen molar-refractivity contribution in [3.8, 4) is 0 Å². The van der Waals surface area contributed by atoms with E-state index in [1.807, 2.05) is 0 Å². The van der Waals surface area contributed by atoms with Gasteiger partial charge in [-0.05, 0) is 13.0 Å². The van der Waals surface area contributed by atoms with Gasteiger partial charge in [0.05, 0.1) is 6.61 Å². The molecule has 0 aromatic carbocycles. The van der Waals surface area contributed by atoms with Gasteiger partial charge >= 0.3 is 0 Å². The molecule has 0 aliphatic rings. The van der Waals surface area contributed by atoms with E-state index in [-0.39, 0.29) is 0 Å². The zero-order chi connectivity index (χ0) is 10.2. The molecule has 0 atom stereocenters. The Kier molecular flexibility index (Phi) is 5.17. The first kappa shape index (κ1) is 11.1. The van der Waals surface area contributed by atoms with E-state index in [9.17, 15) is 0 Å². The summed E-state index contributed by atoms with van der Waals surface area (Å²) in [6.07, 6.45) is 1.14. The molecule has 0 fully saturated rings. The summed E-state index contributed by atoms with van der Waals surface area (Å²) in [7, 11) is 0. The van der Waals surface area contributed by atoms with Gasteiger partial charge in [-0.25, -0.2) is 0 Å². The molecule has 0 spiro atoms. The maximum absolute atomic E-state index is 5.32. The summed E-state index contributed by atoms with van der Waals surface area (Å²) in [5.74, 6) is 1.12. The van der Waals surface area contributed by atoms with Crippen LogP contribution in [-0.2, 0) is 11.3 Å². The standard InChI is InChI=1S/C9H17N3O2/c1-3-4-10-5-6-13-7-9-12-11-8(2)14-9/h10H,3-7H2,1-2H3. The molecule has 5 heteroatoms. The van der Waals surface area contributed by atoms with Crippen LogP contribution in [0.3, 0.4) is 0 Å². The molecule has 1 aromatic rings. The van der Waals surface area contributed by atoms with Gasteiger partial charge in [0.15, 0.2) is 0 Å². The first-order valence-corrected chi connectivity index (χ1v) is 4.90. The second-order valence-electron chi connectivity index (χ2n) is 3.02. The Labute approximate surface area is 83.9 Å². The highest BCUT2D eigenvalue weighted by molar-refractivity contribution is 4.75. The Bertz CT molecular complexity index is 250.